The van der Waals surface area contributed by atoms with E-state index in [0.717, 1.165) is 0 Å². The third-order valence-electron chi connectivity index (χ3n) is 4.33. The van der Waals surface area contributed by atoms with Gasteiger partial charge in [-0.15, -0.1) is 0 Å². The average Bonchev–Trinajstić information content (AvgIpc) is 3.21. The predicted molar refractivity (Wildman–Crippen MR) is 100 cm³/mol. The number of benzene rings is 1. The number of halogens is 2. The molecule has 1 amide bonds. The lowest BCUT2D eigenvalue weighted by atomic mass is 9.97. The van der Waals surface area contributed by atoms with Crippen LogP contribution in [0.1, 0.15) is 23.4 Å². The van der Waals surface area contributed by atoms with Gasteiger partial charge in [0.1, 0.15) is 19.0 Å². The second-order valence-electron chi connectivity index (χ2n) is 6.13. The number of esters is 1. The quantitative estimate of drug-likeness (QED) is 0.529. The highest BCUT2D eigenvalue weighted by Crippen LogP contribution is 2.27. The molecule has 1 fully saturated rings. The highest BCUT2D eigenvalue weighted by molar-refractivity contribution is 6.35. The van der Waals surface area contributed by atoms with Crippen LogP contribution >= 0.6 is 23.2 Å². The van der Waals surface area contributed by atoms with Crippen LogP contribution in [0.3, 0.4) is 0 Å². The molecule has 0 aliphatic carbocycles. The number of hydrogen-bond acceptors (Lipinski definition) is 5. The normalized spacial score (nSPS) is 14.8. The maximum absolute atomic E-state index is 12.2. The Kier molecular flexibility index (Phi) is 6.63. The highest BCUT2D eigenvalue weighted by Gasteiger charge is 2.29. The highest BCUT2D eigenvalue weighted by atomic mass is 35.5. The van der Waals surface area contributed by atoms with Gasteiger partial charge in [-0.3, -0.25) is 9.59 Å². The van der Waals surface area contributed by atoms with Crippen LogP contribution in [0.15, 0.2) is 41.0 Å². The van der Waals surface area contributed by atoms with Crippen molar-refractivity contribution in [2.75, 3.05) is 26.3 Å². The Morgan fingerprint density at radius 1 is 1.15 bits per heavy atom. The van der Waals surface area contributed by atoms with E-state index in [1.165, 1.54) is 6.26 Å². The summed E-state index contributed by atoms with van der Waals surface area (Å²) in [6, 6.07) is 8.24. The van der Waals surface area contributed by atoms with E-state index in [-0.39, 0.29) is 31.0 Å². The van der Waals surface area contributed by atoms with Gasteiger partial charge < -0.3 is 18.8 Å². The molecule has 0 N–H and O–H groups in total. The zero-order chi connectivity index (χ0) is 19.2. The van der Waals surface area contributed by atoms with E-state index in [1.807, 2.05) is 0 Å². The summed E-state index contributed by atoms with van der Waals surface area (Å²) in [6.45, 7) is 1.32. The Morgan fingerprint density at radius 2 is 1.93 bits per heavy atom. The summed E-state index contributed by atoms with van der Waals surface area (Å²) < 4.78 is 15.9. The average molecular weight is 412 g/mol. The summed E-state index contributed by atoms with van der Waals surface area (Å²) in [5.41, 5.74) is 0. The van der Waals surface area contributed by atoms with Gasteiger partial charge in [-0.25, -0.2) is 0 Å². The van der Waals surface area contributed by atoms with Crippen molar-refractivity contribution in [2.45, 2.75) is 12.8 Å². The minimum Gasteiger partial charge on any atom is -0.488 e. The van der Waals surface area contributed by atoms with Crippen LogP contribution in [-0.4, -0.2) is 43.1 Å². The molecule has 0 radical (unpaired) electrons. The van der Waals surface area contributed by atoms with Gasteiger partial charge in [0, 0.05) is 18.1 Å². The molecule has 0 unspecified atom stereocenters. The Balaban J connectivity index is 1.37. The predicted octanol–water partition coefficient (Wildman–Crippen LogP) is 4.06. The topological polar surface area (TPSA) is 69.0 Å². The summed E-state index contributed by atoms with van der Waals surface area (Å²) in [5.74, 6) is 0.159. The molecule has 1 aliphatic heterocycles. The van der Waals surface area contributed by atoms with E-state index >= 15 is 0 Å². The number of ether oxygens (including phenoxy) is 2. The monoisotopic (exact) mass is 411 g/mol. The Labute approximate surface area is 166 Å². The van der Waals surface area contributed by atoms with Gasteiger partial charge >= 0.3 is 5.97 Å². The van der Waals surface area contributed by atoms with Crippen LogP contribution in [-0.2, 0) is 9.53 Å². The van der Waals surface area contributed by atoms with Gasteiger partial charge in [0.15, 0.2) is 5.76 Å². The lowest BCUT2D eigenvalue weighted by Gasteiger charge is -2.30. The van der Waals surface area contributed by atoms with E-state index in [4.69, 9.17) is 37.1 Å². The summed E-state index contributed by atoms with van der Waals surface area (Å²) in [7, 11) is 0. The molecule has 0 atom stereocenters. The molecular weight excluding hydrogens is 393 g/mol. The fraction of sp³-hybridized carbons (Fsp3) is 0.368. The Bertz CT molecular complexity index is 785. The molecule has 1 aromatic carbocycles. The number of piperidine rings is 1. The molecule has 27 heavy (non-hydrogen) atoms. The van der Waals surface area contributed by atoms with Crippen molar-refractivity contribution in [1.82, 2.24) is 4.90 Å². The number of carbonyl (C=O) groups excluding carboxylic acids is 2. The van der Waals surface area contributed by atoms with Crippen LogP contribution in [0.25, 0.3) is 0 Å². The number of nitrogens with zero attached hydrogens (tertiary/aromatic N) is 1. The molecule has 2 aromatic rings. The van der Waals surface area contributed by atoms with Gasteiger partial charge in [-0.1, -0.05) is 23.2 Å². The third-order valence-corrected chi connectivity index (χ3v) is 4.86. The number of furan rings is 1. The first kappa shape index (κ1) is 19.6. The molecule has 0 spiro atoms. The molecule has 3 rings (SSSR count). The summed E-state index contributed by atoms with van der Waals surface area (Å²) >= 11 is 11.8. The molecule has 0 bridgehead atoms. The van der Waals surface area contributed by atoms with Gasteiger partial charge in [0.2, 0.25) is 0 Å². The van der Waals surface area contributed by atoms with Gasteiger partial charge in [0.25, 0.3) is 5.91 Å². The fourth-order valence-electron chi connectivity index (χ4n) is 2.88. The molecular formula is C19H19Cl2NO5. The van der Waals surface area contributed by atoms with E-state index in [2.05, 4.69) is 0 Å². The first-order valence-electron chi connectivity index (χ1n) is 8.62. The van der Waals surface area contributed by atoms with Crippen molar-refractivity contribution in [1.29, 1.82) is 0 Å². The van der Waals surface area contributed by atoms with Crippen LogP contribution in [0.5, 0.6) is 5.75 Å². The van der Waals surface area contributed by atoms with Crippen molar-refractivity contribution >= 4 is 35.1 Å². The van der Waals surface area contributed by atoms with Gasteiger partial charge in [-0.05, 0) is 43.2 Å². The van der Waals surface area contributed by atoms with Crippen LogP contribution < -0.4 is 4.74 Å². The number of hydrogen-bond donors (Lipinski definition) is 0. The maximum Gasteiger partial charge on any atom is 0.309 e. The number of rotatable bonds is 6. The second kappa shape index (κ2) is 9.15. The fourth-order valence-corrected chi connectivity index (χ4v) is 3.34. The minimum atomic E-state index is -0.272. The van der Waals surface area contributed by atoms with E-state index < -0.39 is 0 Å². The smallest absolute Gasteiger partial charge is 0.309 e. The number of carbonyl (C=O) groups is 2. The molecule has 1 aromatic heterocycles. The Morgan fingerprint density at radius 3 is 2.59 bits per heavy atom. The lowest BCUT2D eigenvalue weighted by molar-refractivity contribution is -0.150. The van der Waals surface area contributed by atoms with Crippen molar-refractivity contribution in [3.8, 4) is 5.75 Å². The van der Waals surface area contributed by atoms with Crippen LogP contribution in [0, 0.1) is 5.92 Å². The minimum absolute atomic E-state index is 0.128. The summed E-state index contributed by atoms with van der Waals surface area (Å²) in [5, 5.41) is 0.929. The second-order valence-corrected chi connectivity index (χ2v) is 6.98. The Hall–Kier alpha value is -2.18. The molecule has 8 heteroatoms. The van der Waals surface area contributed by atoms with Crippen LogP contribution in [0.2, 0.25) is 10.0 Å². The first-order chi connectivity index (χ1) is 13.0. The van der Waals surface area contributed by atoms with E-state index in [1.54, 1.807) is 35.2 Å². The van der Waals surface area contributed by atoms with Gasteiger partial charge in [-0.2, -0.15) is 0 Å². The molecule has 0 saturated carbocycles. The standard InChI is InChI=1S/C19H19Cl2NO5/c20-14-3-4-16(15(21)12-14)26-10-11-27-19(24)13-5-7-22(8-6-13)18(23)17-2-1-9-25-17/h1-4,9,12-13H,5-8,10-11H2. The lowest BCUT2D eigenvalue weighted by Crippen LogP contribution is -2.40. The maximum atomic E-state index is 12.2. The van der Waals surface area contributed by atoms with Crippen LogP contribution in [0.4, 0.5) is 0 Å². The zero-order valence-corrected chi connectivity index (χ0v) is 16.0. The molecule has 144 valence electrons. The summed E-state index contributed by atoms with van der Waals surface area (Å²) in [4.78, 5) is 26.1. The summed E-state index contributed by atoms with van der Waals surface area (Å²) in [6.07, 6.45) is 2.60. The third kappa shape index (κ3) is 5.17. The molecule has 2 heterocycles. The first-order valence-corrected chi connectivity index (χ1v) is 9.37. The molecule has 6 nitrogen and oxygen atoms in total. The van der Waals surface area contributed by atoms with Gasteiger partial charge in [0.05, 0.1) is 17.2 Å². The molecule has 1 saturated heterocycles. The largest absolute Gasteiger partial charge is 0.488 e. The van der Waals surface area contributed by atoms with Crippen molar-refractivity contribution in [3.05, 3.63) is 52.4 Å². The zero-order valence-electron chi connectivity index (χ0n) is 14.5. The van der Waals surface area contributed by atoms with E-state index in [9.17, 15) is 9.59 Å². The van der Waals surface area contributed by atoms with Crippen molar-refractivity contribution in [2.24, 2.45) is 5.92 Å². The van der Waals surface area contributed by atoms with Crippen molar-refractivity contribution in [3.63, 3.8) is 0 Å². The SMILES string of the molecule is O=C(OCCOc1ccc(Cl)cc1Cl)C1CCN(C(=O)c2ccco2)CC1. The van der Waals surface area contributed by atoms with E-state index in [0.29, 0.717) is 47.5 Å². The number of likely N-dealkylation sites (tertiary alicyclic amines) is 1. The molecule has 1 aliphatic rings. The van der Waals surface area contributed by atoms with Crippen molar-refractivity contribution < 1.29 is 23.5 Å². The number of amides is 1.